The molecule has 2 atom stereocenters. The summed E-state index contributed by atoms with van der Waals surface area (Å²) >= 11 is 1.30. The molecule has 10 heteroatoms. The molecule has 0 radical (unpaired) electrons. The van der Waals surface area contributed by atoms with Gasteiger partial charge in [-0.25, -0.2) is 12.8 Å². The molecule has 2 saturated heterocycles. The number of sulfone groups is 1. The van der Waals surface area contributed by atoms with Crippen LogP contribution in [0, 0.1) is 5.82 Å². The lowest BCUT2D eigenvalue weighted by atomic mass is 10.1. The highest BCUT2D eigenvalue weighted by molar-refractivity contribution is 8.15. The van der Waals surface area contributed by atoms with Crippen LogP contribution in [0.4, 0.5) is 4.39 Å². The molecule has 28 heavy (non-hydrogen) atoms. The zero-order chi connectivity index (χ0) is 20.3. The molecule has 1 aromatic carbocycles. The first-order valence-corrected chi connectivity index (χ1v) is 11.6. The van der Waals surface area contributed by atoms with Gasteiger partial charge in [0.25, 0.3) is 0 Å². The summed E-state index contributed by atoms with van der Waals surface area (Å²) in [5.41, 5.74) is 0.905. The molecule has 0 saturated carbocycles. The summed E-state index contributed by atoms with van der Waals surface area (Å²) in [6.07, 6.45) is 0.722. The van der Waals surface area contributed by atoms with Gasteiger partial charge >= 0.3 is 5.97 Å². The molecule has 3 rings (SSSR count). The maximum absolute atomic E-state index is 13.1. The van der Waals surface area contributed by atoms with Crippen molar-refractivity contribution >= 4 is 38.6 Å². The molecule has 0 aliphatic carbocycles. The van der Waals surface area contributed by atoms with Crippen molar-refractivity contribution in [1.82, 2.24) is 4.90 Å². The first kappa shape index (κ1) is 20.8. The number of carboxylic acid groups (broad SMARTS) is 1. The summed E-state index contributed by atoms with van der Waals surface area (Å²) in [6.45, 7) is 0.469. The van der Waals surface area contributed by atoms with E-state index in [0.717, 1.165) is 5.56 Å². The van der Waals surface area contributed by atoms with Gasteiger partial charge in [-0.1, -0.05) is 23.9 Å². The van der Waals surface area contributed by atoms with E-state index in [9.17, 15) is 22.4 Å². The number of amides is 1. The summed E-state index contributed by atoms with van der Waals surface area (Å²) in [5.74, 6) is -1.60. The second-order valence-electron chi connectivity index (χ2n) is 6.91. The summed E-state index contributed by atoms with van der Waals surface area (Å²) in [7, 11) is -3.12. The Bertz CT molecular complexity index is 886. The minimum Gasteiger partial charge on any atom is -0.481 e. The Morgan fingerprint density at radius 1 is 1.21 bits per heavy atom. The summed E-state index contributed by atoms with van der Waals surface area (Å²) in [6, 6.07) is 5.86. The minimum atomic E-state index is -3.12. The fourth-order valence-corrected chi connectivity index (χ4v) is 7.35. The number of benzene rings is 1. The third-order valence-electron chi connectivity index (χ3n) is 4.73. The first-order valence-electron chi connectivity index (χ1n) is 8.95. The SMILES string of the molecule is O=C(O)CCCC(=O)N=C1S[C@H]2CS(=O)(=O)C[C@H]2N1CCc1ccc(F)cc1. The topological polar surface area (TPSA) is 104 Å². The number of hydrogen-bond acceptors (Lipinski definition) is 5. The zero-order valence-corrected chi connectivity index (χ0v) is 16.7. The average Bonchev–Trinajstić information content (AvgIpc) is 3.05. The number of aliphatic carboxylic acids is 1. The molecule has 2 aliphatic rings. The van der Waals surface area contributed by atoms with E-state index in [1.807, 2.05) is 4.90 Å². The van der Waals surface area contributed by atoms with Crippen LogP contribution in [0.3, 0.4) is 0 Å². The molecule has 0 aromatic heterocycles. The van der Waals surface area contributed by atoms with Crippen molar-refractivity contribution in [2.75, 3.05) is 18.1 Å². The van der Waals surface area contributed by atoms with Crippen molar-refractivity contribution < 1.29 is 27.5 Å². The Morgan fingerprint density at radius 2 is 1.93 bits per heavy atom. The molecule has 2 aliphatic heterocycles. The molecule has 2 heterocycles. The van der Waals surface area contributed by atoms with E-state index in [-0.39, 0.29) is 47.9 Å². The lowest BCUT2D eigenvalue weighted by Gasteiger charge is -2.24. The highest BCUT2D eigenvalue weighted by Crippen LogP contribution is 2.38. The van der Waals surface area contributed by atoms with Gasteiger partial charge in [0.15, 0.2) is 15.0 Å². The van der Waals surface area contributed by atoms with Gasteiger partial charge in [0.1, 0.15) is 5.82 Å². The van der Waals surface area contributed by atoms with E-state index in [0.29, 0.717) is 18.1 Å². The van der Waals surface area contributed by atoms with Crippen LogP contribution in [0.15, 0.2) is 29.3 Å². The molecule has 152 valence electrons. The quantitative estimate of drug-likeness (QED) is 0.705. The normalized spacial score (nSPS) is 24.5. The second kappa shape index (κ2) is 8.60. The van der Waals surface area contributed by atoms with E-state index in [1.165, 1.54) is 23.9 Å². The maximum Gasteiger partial charge on any atom is 0.303 e. The molecule has 1 N–H and O–H groups in total. The Hall–Kier alpha value is -1.94. The van der Waals surface area contributed by atoms with E-state index >= 15 is 0 Å². The predicted octanol–water partition coefficient (Wildman–Crippen LogP) is 1.72. The number of carboxylic acids is 1. The van der Waals surface area contributed by atoms with E-state index in [4.69, 9.17) is 5.11 Å². The number of carbonyl (C=O) groups excluding carboxylic acids is 1. The minimum absolute atomic E-state index is 0.0281. The van der Waals surface area contributed by atoms with Crippen LogP contribution in [0.2, 0.25) is 0 Å². The van der Waals surface area contributed by atoms with Gasteiger partial charge in [-0.15, -0.1) is 0 Å². The number of rotatable bonds is 7. The fourth-order valence-electron chi connectivity index (χ4n) is 3.35. The van der Waals surface area contributed by atoms with Gasteiger partial charge in [0, 0.05) is 24.6 Å². The standard InChI is InChI=1S/C18H21FN2O5S2/c19-13-6-4-12(5-7-13)8-9-21-14-10-28(25,26)11-15(14)27-18(21)20-16(22)2-1-3-17(23)24/h4-7,14-15H,1-3,8-11H2,(H,23,24)/t14-,15+/m1/s1. The Morgan fingerprint density at radius 3 is 2.61 bits per heavy atom. The van der Waals surface area contributed by atoms with Gasteiger partial charge in [-0.2, -0.15) is 4.99 Å². The van der Waals surface area contributed by atoms with Crippen molar-refractivity contribution in [1.29, 1.82) is 0 Å². The van der Waals surface area contributed by atoms with Crippen LogP contribution in [0.1, 0.15) is 24.8 Å². The molecule has 7 nitrogen and oxygen atoms in total. The molecule has 1 aromatic rings. The van der Waals surface area contributed by atoms with Crippen molar-refractivity contribution in [3.63, 3.8) is 0 Å². The number of aliphatic imine (C=N–C) groups is 1. The largest absolute Gasteiger partial charge is 0.481 e. The Kier molecular flexibility index (Phi) is 6.39. The maximum atomic E-state index is 13.1. The van der Waals surface area contributed by atoms with Crippen LogP contribution >= 0.6 is 11.8 Å². The monoisotopic (exact) mass is 428 g/mol. The first-order chi connectivity index (χ1) is 13.2. The van der Waals surface area contributed by atoms with Crippen molar-refractivity contribution in [3.05, 3.63) is 35.6 Å². The molecule has 1 amide bonds. The summed E-state index contributed by atoms with van der Waals surface area (Å²) in [5, 5.41) is 9.00. The number of fused-ring (bicyclic) bond motifs is 1. The third kappa shape index (κ3) is 5.32. The van der Waals surface area contributed by atoms with Crippen LogP contribution in [-0.2, 0) is 25.8 Å². The average molecular weight is 429 g/mol. The highest BCUT2D eigenvalue weighted by atomic mass is 32.2. The van der Waals surface area contributed by atoms with Crippen molar-refractivity contribution in [2.45, 2.75) is 37.0 Å². The smallest absolute Gasteiger partial charge is 0.303 e. The second-order valence-corrected chi connectivity index (χ2v) is 10.3. The van der Waals surface area contributed by atoms with Gasteiger partial charge in [0.2, 0.25) is 5.91 Å². The molecular formula is C18H21FN2O5S2. The van der Waals surface area contributed by atoms with Crippen molar-refractivity contribution in [2.24, 2.45) is 4.99 Å². The van der Waals surface area contributed by atoms with Gasteiger partial charge in [0.05, 0.1) is 17.5 Å². The van der Waals surface area contributed by atoms with E-state index in [2.05, 4.69) is 4.99 Å². The summed E-state index contributed by atoms with van der Waals surface area (Å²) < 4.78 is 37.1. The molecule has 0 unspecified atom stereocenters. The molecule has 0 spiro atoms. The third-order valence-corrected chi connectivity index (χ3v) is 7.98. The molecule has 2 fully saturated rings. The number of hydrogen-bond donors (Lipinski definition) is 1. The van der Waals surface area contributed by atoms with Gasteiger partial charge in [-0.3, -0.25) is 9.59 Å². The Labute approximate surface area is 166 Å². The van der Waals surface area contributed by atoms with Gasteiger partial charge < -0.3 is 10.0 Å². The van der Waals surface area contributed by atoms with Crippen LogP contribution < -0.4 is 0 Å². The summed E-state index contributed by atoms with van der Waals surface area (Å²) in [4.78, 5) is 28.7. The van der Waals surface area contributed by atoms with E-state index in [1.54, 1.807) is 12.1 Å². The number of thioether (sulfide) groups is 1. The fraction of sp³-hybridized carbons (Fsp3) is 0.500. The van der Waals surface area contributed by atoms with E-state index < -0.39 is 21.7 Å². The lowest BCUT2D eigenvalue weighted by molar-refractivity contribution is -0.137. The number of halogens is 1. The number of amidine groups is 1. The van der Waals surface area contributed by atoms with Crippen LogP contribution in [0.5, 0.6) is 0 Å². The highest BCUT2D eigenvalue weighted by Gasteiger charge is 2.48. The predicted molar refractivity (Wildman–Crippen MR) is 105 cm³/mol. The Balaban J connectivity index is 1.70. The van der Waals surface area contributed by atoms with Gasteiger partial charge in [-0.05, 0) is 30.5 Å². The van der Waals surface area contributed by atoms with Crippen LogP contribution in [-0.4, -0.2) is 64.8 Å². The van der Waals surface area contributed by atoms with Crippen molar-refractivity contribution in [3.8, 4) is 0 Å². The number of carbonyl (C=O) groups is 2. The van der Waals surface area contributed by atoms with Crippen LogP contribution in [0.25, 0.3) is 0 Å². The zero-order valence-electron chi connectivity index (χ0n) is 15.1. The number of nitrogens with zero attached hydrogens (tertiary/aromatic N) is 2. The lowest BCUT2D eigenvalue weighted by Crippen LogP contribution is -2.39. The molecular weight excluding hydrogens is 407 g/mol. The molecule has 0 bridgehead atoms.